The Labute approximate surface area is 111 Å². The van der Waals surface area contributed by atoms with Gasteiger partial charge in [-0.3, -0.25) is 0 Å². The van der Waals surface area contributed by atoms with Gasteiger partial charge in [-0.1, -0.05) is 29.5 Å². The van der Waals surface area contributed by atoms with Crippen LogP contribution in [0, 0.1) is 11.3 Å². The maximum absolute atomic E-state index is 9.13. The summed E-state index contributed by atoms with van der Waals surface area (Å²) in [5.41, 5.74) is 2.78. The molecule has 2 rings (SSSR count). The molecule has 0 atom stereocenters. The maximum atomic E-state index is 9.13. The molecule has 1 aromatic heterocycles. The van der Waals surface area contributed by atoms with E-state index in [1.165, 1.54) is 0 Å². The largest absolute Gasteiger partial charge is 0.497 e. The zero-order valence-corrected chi connectivity index (χ0v) is 10.9. The molecule has 2 aromatic rings. The van der Waals surface area contributed by atoms with Crippen molar-refractivity contribution in [3.05, 3.63) is 42.1 Å². The lowest BCUT2D eigenvalue weighted by Gasteiger charge is -2.07. The van der Waals surface area contributed by atoms with Gasteiger partial charge in [-0.25, -0.2) is 4.68 Å². The molecule has 5 nitrogen and oxygen atoms in total. The van der Waals surface area contributed by atoms with Crippen molar-refractivity contribution in [2.45, 2.75) is 13.5 Å². The van der Waals surface area contributed by atoms with Crippen molar-refractivity contribution in [1.29, 1.82) is 5.26 Å². The number of aromatic nitrogens is 3. The number of ether oxygens (including phenoxy) is 1. The molecule has 0 saturated carbocycles. The van der Waals surface area contributed by atoms with Crippen LogP contribution in [0.5, 0.6) is 5.75 Å². The molecule has 19 heavy (non-hydrogen) atoms. The fraction of sp³-hybridized carbons (Fsp3) is 0.214. The van der Waals surface area contributed by atoms with Gasteiger partial charge in [-0.05, 0) is 19.1 Å². The minimum Gasteiger partial charge on any atom is -0.497 e. The van der Waals surface area contributed by atoms with E-state index in [9.17, 15) is 0 Å². The van der Waals surface area contributed by atoms with Crippen LogP contribution in [0.4, 0.5) is 0 Å². The molecule has 0 aliphatic heterocycles. The summed E-state index contributed by atoms with van der Waals surface area (Å²) in [6.07, 6.45) is 0. The van der Waals surface area contributed by atoms with Crippen LogP contribution >= 0.6 is 0 Å². The number of allylic oxidation sites excluding steroid dienone is 1. The van der Waals surface area contributed by atoms with Crippen LogP contribution in [0.1, 0.15) is 12.6 Å². The van der Waals surface area contributed by atoms with Crippen molar-refractivity contribution >= 4 is 0 Å². The smallest absolute Gasteiger partial charge is 0.190 e. The summed E-state index contributed by atoms with van der Waals surface area (Å²) in [7, 11) is 1.60. The van der Waals surface area contributed by atoms with Crippen molar-refractivity contribution in [3.63, 3.8) is 0 Å². The molecule has 0 amide bonds. The van der Waals surface area contributed by atoms with Gasteiger partial charge < -0.3 is 4.74 Å². The Morgan fingerprint density at radius 2 is 2.32 bits per heavy atom. The lowest BCUT2D eigenvalue weighted by Crippen LogP contribution is -2.03. The second kappa shape index (κ2) is 5.36. The molecule has 1 aromatic carbocycles. The molecule has 96 valence electrons. The van der Waals surface area contributed by atoms with Crippen molar-refractivity contribution in [2.75, 3.05) is 7.11 Å². The third-order valence-electron chi connectivity index (χ3n) is 2.60. The van der Waals surface area contributed by atoms with Crippen molar-refractivity contribution in [1.82, 2.24) is 15.0 Å². The predicted octanol–water partition coefficient (Wildman–Crippen LogP) is 2.40. The maximum Gasteiger partial charge on any atom is 0.190 e. The number of hydrogen-bond donors (Lipinski definition) is 0. The third-order valence-corrected chi connectivity index (χ3v) is 2.60. The van der Waals surface area contributed by atoms with Crippen LogP contribution in [-0.2, 0) is 6.54 Å². The topological polar surface area (TPSA) is 63.7 Å². The van der Waals surface area contributed by atoms with Crippen molar-refractivity contribution < 1.29 is 4.74 Å². The molecular weight excluding hydrogens is 240 g/mol. The fourth-order valence-electron chi connectivity index (χ4n) is 1.81. The summed E-state index contributed by atoms with van der Waals surface area (Å²) in [5.74, 6) is 0.726. The van der Waals surface area contributed by atoms with Crippen LogP contribution in [0.2, 0.25) is 0 Å². The Hall–Kier alpha value is -2.61. The summed E-state index contributed by atoms with van der Waals surface area (Å²) in [4.78, 5) is 0. The minimum absolute atomic E-state index is 0.300. The average molecular weight is 254 g/mol. The molecule has 0 radical (unpaired) electrons. The van der Waals surface area contributed by atoms with E-state index >= 15 is 0 Å². The zero-order valence-electron chi connectivity index (χ0n) is 10.9. The van der Waals surface area contributed by atoms with Gasteiger partial charge in [0.1, 0.15) is 17.5 Å². The van der Waals surface area contributed by atoms with Crippen LogP contribution in [0.25, 0.3) is 11.3 Å². The van der Waals surface area contributed by atoms with Crippen LogP contribution in [0.15, 0.2) is 36.4 Å². The van der Waals surface area contributed by atoms with Crippen molar-refractivity contribution in [3.8, 4) is 23.1 Å². The summed E-state index contributed by atoms with van der Waals surface area (Å²) in [6, 6.07) is 9.53. The van der Waals surface area contributed by atoms with Gasteiger partial charge in [0.25, 0.3) is 0 Å². The lowest BCUT2D eigenvalue weighted by molar-refractivity contribution is 0.415. The summed E-state index contributed by atoms with van der Waals surface area (Å²) in [5, 5.41) is 17.0. The van der Waals surface area contributed by atoms with Crippen molar-refractivity contribution in [2.24, 2.45) is 0 Å². The highest BCUT2D eigenvalue weighted by molar-refractivity contribution is 5.66. The molecule has 0 bridgehead atoms. The molecule has 0 spiro atoms. The first kappa shape index (κ1) is 12.8. The molecule has 0 aliphatic carbocycles. The highest BCUT2D eigenvalue weighted by Crippen LogP contribution is 2.26. The summed E-state index contributed by atoms with van der Waals surface area (Å²) < 4.78 is 6.87. The van der Waals surface area contributed by atoms with Crippen LogP contribution in [0.3, 0.4) is 0 Å². The molecule has 1 heterocycles. The number of hydrogen-bond acceptors (Lipinski definition) is 4. The van der Waals surface area contributed by atoms with E-state index in [4.69, 9.17) is 10.00 Å². The van der Waals surface area contributed by atoms with Crippen LogP contribution < -0.4 is 4.74 Å². The van der Waals surface area contributed by atoms with Gasteiger partial charge >= 0.3 is 0 Å². The Morgan fingerprint density at radius 1 is 1.53 bits per heavy atom. The number of benzene rings is 1. The van der Waals surface area contributed by atoms with Crippen LogP contribution in [-0.4, -0.2) is 22.1 Å². The number of nitriles is 1. The monoisotopic (exact) mass is 254 g/mol. The molecular formula is C14H14N4O. The molecule has 5 heteroatoms. The van der Waals surface area contributed by atoms with E-state index in [0.29, 0.717) is 17.9 Å². The predicted molar refractivity (Wildman–Crippen MR) is 71.5 cm³/mol. The standard InChI is InChI=1S/C14H14N4O/c1-10(2)9-18-14(13(8-15)16-17-18)11-5-4-6-12(7-11)19-3/h4-7H,1,9H2,2-3H3. The lowest BCUT2D eigenvalue weighted by atomic mass is 10.1. The summed E-state index contributed by atoms with van der Waals surface area (Å²) >= 11 is 0. The molecule has 0 N–H and O–H groups in total. The second-order valence-electron chi connectivity index (χ2n) is 4.25. The quantitative estimate of drug-likeness (QED) is 0.786. The fourth-order valence-corrected chi connectivity index (χ4v) is 1.81. The molecule has 0 saturated heterocycles. The van der Waals surface area contributed by atoms with E-state index in [0.717, 1.165) is 16.9 Å². The molecule has 0 unspecified atom stereocenters. The zero-order chi connectivity index (χ0) is 13.8. The minimum atomic E-state index is 0.300. The van der Waals surface area contributed by atoms with Gasteiger partial charge in [0.2, 0.25) is 0 Å². The van der Waals surface area contributed by atoms with E-state index < -0.39 is 0 Å². The van der Waals surface area contributed by atoms with Gasteiger partial charge in [-0.2, -0.15) is 5.26 Å². The Kier molecular flexibility index (Phi) is 3.62. The second-order valence-corrected chi connectivity index (χ2v) is 4.25. The van der Waals surface area contributed by atoms with E-state index in [1.54, 1.807) is 11.8 Å². The Balaban J connectivity index is 2.55. The first-order valence-electron chi connectivity index (χ1n) is 5.78. The van der Waals surface area contributed by atoms with Gasteiger partial charge in [0.05, 0.1) is 13.7 Å². The normalized spacial score (nSPS) is 9.95. The SMILES string of the molecule is C=C(C)Cn1nnc(C#N)c1-c1cccc(OC)c1. The molecule has 0 fully saturated rings. The first-order valence-corrected chi connectivity index (χ1v) is 5.78. The third kappa shape index (κ3) is 2.63. The average Bonchev–Trinajstić information content (AvgIpc) is 2.80. The number of rotatable bonds is 4. The first-order chi connectivity index (χ1) is 9.15. The Morgan fingerprint density at radius 3 is 2.95 bits per heavy atom. The van der Waals surface area contributed by atoms with E-state index in [1.807, 2.05) is 31.2 Å². The van der Waals surface area contributed by atoms with Gasteiger partial charge in [0.15, 0.2) is 5.69 Å². The number of methoxy groups -OCH3 is 1. The van der Waals surface area contributed by atoms with Gasteiger partial charge in [-0.15, -0.1) is 5.10 Å². The highest BCUT2D eigenvalue weighted by Gasteiger charge is 2.15. The molecule has 0 aliphatic rings. The highest BCUT2D eigenvalue weighted by atomic mass is 16.5. The number of nitrogens with zero attached hydrogens (tertiary/aromatic N) is 4. The van der Waals surface area contributed by atoms with Gasteiger partial charge in [0, 0.05) is 5.56 Å². The van der Waals surface area contributed by atoms with E-state index in [-0.39, 0.29) is 0 Å². The Bertz CT molecular complexity index is 652. The van der Waals surface area contributed by atoms with E-state index in [2.05, 4.69) is 23.0 Å². The summed E-state index contributed by atoms with van der Waals surface area (Å²) in [6.45, 7) is 6.29.